The number of carbonyl (C=O) groups excluding carboxylic acids is 1. The number of anilines is 1. The normalized spacial score (nSPS) is 11.8. The van der Waals surface area contributed by atoms with Crippen LogP contribution < -0.4 is 5.32 Å². The summed E-state index contributed by atoms with van der Waals surface area (Å²) in [4.78, 5) is 18.4. The minimum Gasteiger partial charge on any atom is -0.320 e. The molecule has 10 nitrogen and oxygen atoms in total. The lowest BCUT2D eigenvalue weighted by atomic mass is 10.2. The van der Waals surface area contributed by atoms with Crippen LogP contribution in [0.25, 0.3) is 17.0 Å². The summed E-state index contributed by atoms with van der Waals surface area (Å²) in [7, 11) is 0. The second kappa shape index (κ2) is 7.95. The monoisotopic (exact) mass is 487 g/mol. The van der Waals surface area contributed by atoms with Gasteiger partial charge in [-0.3, -0.25) is 4.79 Å². The maximum absolute atomic E-state index is 14.1. The van der Waals surface area contributed by atoms with Crippen molar-refractivity contribution in [2.45, 2.75) is 13.1 Å². The van der Waals surface area contributed by atoms with E-state index in [1.165, 1.54) is 46.1 Å². The van der Waals surface area contributed by atoms with Crippen molar-refractivity contribution in [3.63, 3.8) is 0 Å². The number of aryl methyl sites for hydroxylation is 1. The van der Waals surface area contributed by atoms with Gasteiger partial charge in [0.05, 0.1) is 58.0 Å². The maximum atomic E-state index is 14.1. The molecule has 0 unspecified atom stereocenters. The molecule has 0 fully saturated rings. The van der Waals surface area contributed by atoms with Gasteiger partial charge in [0.25, 0.3) is 5.91 Å². The number of aromatic nitrogens is 8. The van der Waals surface area contributed by atoms with Crippen LogP contribution in [0.3, 0.4) is 0 Å². The van der Waals surface area contributed by atoms with Crippen LogP contribution in [0.5, 0.6) is 0 Å². The lowest BCUT2D eigenvalue weighted by Gasteiger charge is -2.14. The molecule has 0 aromatic carbocycles. The van der Waals surface area contributed by atoms with E-state index in [9.17, 15) is 18.0 Å². The summed E-state index contributed by atoms with van der Waals surface area (Å²) in [6.45, 7) is 1.56. The number of rotatable bonds is 4. The van der Waals surface area contributed by atoms with Crippen molar-refractivity contribution in [3.05, 3.63) is 77.2 Å². The number of pyridine rings is 2. The minimum atomic E-state index is -4.88. The summed E-state index contributed by atoms with van der Waals surface area (Å²) in [6.07, 6.45) is 1.89. The largest absolute Gasteiger partial charge is 0.434 e. The molecule has 172 valence electrons. The zero-order valence-electron chi connectivity index (χ0n) is 17.2. The third kappa shape index (κ3) is 3.65. The number of amides is 1. The number of fused-ring (bicyclic) bond motifs is 1. The number of hydrogen-bond donors (Lipinski definition) is 1. The van der Waals surface area contributed by atoms with Crippen LogP contribution in [0.4, 0.5) is 18.9 Å². The van der Waals surface area contributed by atoms with Gasteiger partial charge in [-0.25, -0.2) is 14.2 Å². The van der Waals surface area contributed by atoms with Gasteiger partial charge in [-0.2, -0.15) is 33.6 Å². The first-order valence-corrected chi connectivity index (χ1v) is 10.0. The molecule has 0 aliphatic heterocycles. The molecular formula is C20H13ClF3N9O. The number of nitrogens with one attached hydrogen (secondary N) is 1. The van der Waals surface area contributed by atoms with Crippen LogP contribution in [0, 0.1) is 6.92 Å². The molecule has 0 bridgehead atoms. The van der Waals surface area contributed by atoms with Gasteiger partial charge in [-0.1, -0.05) is 11.6 Å². The summed E-state index contributed by atoms with van der Waals surface area (Å²) in [5.41, 5.74) is -0.962. The molecule has 5 rings (SSSR count). The van der Waals surface area contributed by atoms with Crippen LogP contribution in [0.15, 0.2) is 55.2 Å². The Hall–Kier alpha value is -4.26. The van der Waals surface area contributed by atoms with Crippen molar-refractivity contribution in [1.29, 1.82) is 0 Å². The van der Waals surface area contributed by atoms with Gasteiger partial charge in [-0.05, 0) is 31.2 Å². The molecule has 5 heterocycles. The molecule has 5 aromatic heterocycles. The van der Waals surface area contributed by atoms with Crippen LogP contribution in [0.2, 0.25) is 5.02 Å². The molecule has 1 N–H and O–H groups in total. The topological polar surface area (TPSA) is 108 Å². The predicted molar refractivity (Wildman–Crippen MR) is 114 cm³/mol. The molecular weight excluding hydrogens is 475 g/mol. The van der Waals surface area contributed by atoms with Crippen LogP contribution in [0.1, 0.15) is 21.7 Å². The average molecular weight is 488 g/mol. The van der Waals surface area contributed by atoms with Gasteiger partial charge in [0.15, 0.2) is 11.5 Å². The maximum Gasteiger partial charge on any atom is 0.434 e. The van der Waals surface area contributed by atoms with E-state index in [1.807, 2.05) is 0 Å². The van der Waals surface area contributed by atoms with Gasteiger partial charge in [-0.15, -0.1) is 4.80 Å². The van der Waals surface area contributed by atoms with Gasteiger partial charge < -0.3 is 5.32 Å². The van der Waals surface area contributed by atoms with Gasteiger partial charge in [0.1, 0.15) is 0 Å². The molecule has 0 spiro atoms. The molecule has 5 aromatic rings. The highest BCUT2D eigenvalue weighted by Crippen LogP contribution is 2.35. The number of hydrogen-bond acceptors (Lipinski definition) is 6. The first-order valence-electron chi connectivity index (χ1n) is 9.67. The zero-order valence-corrected chi connectivity index (χ0v) is 17.9. The fraction of sp³-hybridized carbons (Fsp3) is 0.100. The van der Waals surface area contributed by atoms with Crippen molar-refractivity contribution < 1.29 is 18.0 Å². The highest BCUT2D eigenvalue weighted by molar-refractivity contribution is 6.32. The first-order chi connectivity index (χ1) is 16.2. The summed E-state index contributed by atoms with van der Waals surface area (Å²) < 4.78 is 44.4. The molecule has 0 aliphatic rings. The van der Waals surface area contributed by atoms with E-state index in [2.05, 4.69) is 30.7 Å². The Morgan fingerprint density at radius 2 is 1.85 bits per heavy atom. The number of halogens is 4. The molecule has 34 heavy (non-hydrogen) atoms. The SMILES string of the molecule is Cc1nc(-n2nccn2)c(Cl)cc1NC(=O)c1cnn(-c2cccn3nccc23)c1C(F)(F)F. The standard InChI is InChI=1S/C20H13ClF3N9O/c1-11-14(9-13(21)18(29-11)33-26-6-7-27-33)30-19(34)12-10-28-32(17(12)20(22,23)24)16-3-2-8-31-15(16)4-5-25-31/h2-10H,1H3,(H,30,34). The fourth-order valence-electron chi connectivity index (χ4n) is 3.44. The Morgan fingerprint density at radius 3 is 2.59 bits per heavy atom. The van der Waals surface area contributed by atoms with E-state index < -0.39 is 23.3 Å². The van der Waals surface area contributed by atoms with Crippen molar-refractivity contribution >= 4 is 28.7 Å². The van der Waals surface area contributed by atoms with Crippen molar-refractivity contribution in [2.75, 3.05) is 5.32 Å². The Morgan fingerprint density at radius 1 is 1.09 bits per heavy atom. The third-order valence-electron chi connectivity index (χ3n) is 4.93. The Labute approximate surface area is 193 Å². The van der Waals surface area contributed by atoms with Crippen molar-refractivity contribution in [1.82, 2.24) is 39.4 Å². The van der Waals surface area contributed by atoms with Gasteiger partial charge in [0, 0.05) is 6.20 Å². The van der Waals surface area contributed by atoms with Gasteiger partial charge >= 0.3 is 6.18 Å². The summed E-state index contributed by atoms with van der Waals surface area (Å²) >= 11 is 6.24. The number of alkyl halides is 3. The third-order valence-corrected chi connectivity index (χ3v) is 5.21. The Kier molecular flexibility index (Phi) is 5.05. The van der Waals surface area contributed by atoms with Crippen LogP contribution >= 0.6 is 11.6 Å². The van der Waals surface area contributed by atoms with E-state index >= 15 is 0 Å². The molecule has 14 heteroatoms. The summed E-state index contributed by atoms with van der Waals surface area (Å²) in [5.74, 6) is -0.815. The zero-order chi connectivity index (χ0) is 24.0. The average Bonchev–Trinajstić information content (AvgIpc) is 3.55. The lowest BCUT2D eigenvalue weighted by Crippen LogP contribution is -2.21. The second-order valence-corrected chi connectivity index (χ2v) is 7.48. The quantitative estimate of drug-likeness (QED) is 0.414. The van der Waals surface area contributed by atoms with E-state index in [0.29, 0.717) is 15.9 Å². The van der Waals surface area contributed by atoms with Gasteiger partial charge in [0.2, 0.25) is 0 Å². The highest BCUT2D eigenvalue weighted by Gasteiger charge is 2.41. The summed E-state index contributed by atoms with van der Waals surface area (Å²) in [5, 5.41) is 18.3. The molecule has 1 amide bonds. The predicted octanol–water partition coefficient (Wildman–Crippen LogP) is 3.73. The van der Waals surface area contributed by atoms with Crippen molar-refractivity contribution in [2.24, 2.45) is 0 Å². The summed E-state index contributed by atoms with van der Waals surface area (Å²) in [6, 6.07) is 5.90. The molecule has 0 radical (unpaired) electrons. The minimum absolute atomic E-state index is 0.0938. The van der Waals surface area contributed by atoms with E-state index in [1.54, 1.807) is 19.2 Å². The van der Waals surface area contributed by atoms with E-state index in [-0.39, 0.29) is 22.2 Å². The fourth-order valence-corrected chi connectivity index (χ4v) is 3.66. The molecule has 0 atom stereocenters. The van der Waals surface area contributed by atoms with Crippen LogP contribution in [-0.4, -0.2) is 45.3 Å². The number of nitrogens with zero attached hydrogens (tertiary/aromatic N) is 8. The lowest BCUT2D eigenvalue weighted by molar-refractivity contribution is -0.143. The Balaban J connectivity index is 1.54. The molecule has 0 saturated carbocycles. The second-order valence-electron chi connectivity index (χ2n) is 7.07. The molecule has 0 aliphatic carbocycles. The van der Waals surface area contributed by atoms with Crippen LogP contribution in [-0.2, 0) is 6.18 Å². The van der Waals surface area contributed by atoms with E-state index in [0.717, 1.165) is 6.20 Å². The van der Waals surface area contributed by atoms with Crippen molar-refractivity contribution in [3.8, 4) is 11.5 Å². The smallest absolute Gasteiger partial charge is 0.320 e. The van der Waals surface area contributed by atoms with E-state index in [4.69, 9.17) is 11.6 Å². The number of carbonyl (C=O) groups is 1. The molecule has 0 saturated heterocycles. The first kappa shape index (κ1) is 21.6. The highest BCUT2D eigenvalue weighted by atomic mass is 35.5. The Bertz CT molecular complexity index is 1520.